The van der Waals surface area contributed by atoms with E-state index >= 15 is 0 Å². The molecule has 1 aliphatic heterocycles. The number of amides is 1. The molecule has 34 heavy (non-hydrogen) atoms. The van der Waals surface area contributed by atoms with Crippen LogP contribution >= 0.6 is 0 Å². The fourth-order valence-electron chi connectivity index (χ4n) is 3.95. The van der Waals surface area contributed by atoms with Crippen LogP contribution < -0.4 is 10.1 Å². The molecule has 180 valence electrons. The third-order valence-electron chi connectivity index (χ3n) is 5.73. The molecular weight excluding hydrogens is 452 g/mol. The van der Waals surface area contributed by atoms with Gasteiger partial charge in [-0.15, -0.1) is 0 Å². The highest BCUT2D eigenvalue weighted by Crippen LogP contribution is 2.34. The van der Waals surface area contributed by atoms with Crippen molar-refractivity contribution >= 4 is 11.6 Å². The molecule has 0 bridgehead atoms. The molecule has 3 aromatic rings. The number of aromatic nitrogens is 2. The molecule has 4 rings (SSSR count). The second-order valence-corrected chi connectivity index (χ2v) is 8.09. The predicted octanol–water partition coefficient (Wildman–Crippen LogP) is 4.97. The van der Waals surface area contributed by atoms with Gasteiger partial charge in [0.15, 0.2) is 0 Å². The van der Waals surface area contributed by atoms with Crippen molar-refractivity contribution in [2.24, 2.45) is 7.05 Å². The first kappa shape index (κ1) is 23.7. The number of halogens is 4. The van der Waals surface area contributed by atoms with Gasteiger partial charge in [0, 0.05) is 36.6 Å². The summed E-state index contributed by atoms with van der Waals surface area (Å²) in [6.45, 7) is 3.41. The number of aryl methyl sites for hydroxylation is 1. The van der Waals surface area contributed by atoms with Gasteiger partial charge in [-0.2, -0.15) is 18.3 Å². The molecule has 1 N–H and O–H groups in total. The lowest BCUT2D eigenvalue weighted by molar-refractivity contribution is -0.140. The van der Waals surface area contributed by atoms with E-state index in [4.69, 9.17) is 4.74 Å². The average Bonchev–Trinajstić information content (AvgIpc) is 3.46. The highest BCUT2D eigenvalue weighted by atomic mass is 19.4. The zero-order chi connectivity index (χ0) is 24.3. The largest absolute Gasteiger partial charge is 0.492 e. The first-order valence-electron chi connectivity index (χ1n) is 10.9. The molecule has 0 aliphatic carbocycles. The lowest BCUT2D eigenvalue weighted by Gasteiger charge is -2.17. The Morgan fingerprint density at radius 1 is 1.12 bits per heavy atom. The number of carbonyl (C=O) groups is 1. The summed E-state index contributed by atoms with van der Waals surface area (Å²) in [6.07, 6.45) is -0.896. The molecule has 2 aromatic carbocycles. The summed E-state index contributed by atoms with van der Waals surface area (Å²) in [7, 11) is 1.77. The molecule has 1 aliphatic rings. The molecule has 1 saturated heterocycles. The Labute approximate surface area is 194 Å². The van der Waals surface area contributed by atoms with Crippen molar-refractivity contribution in [3.05, 3.63) is 65.6 Å². The number of alkyl halides is 3. The number of hydrogen-bond acceptors (Lipinski definition) is 4. The summed E-state index contributed by atoms with van der Waals surface area (Å²) >= 11 is 0. The summed E-state index contributed by atoms with van der Waals surface area (Å²) in [5.41, 5.74) is -0.0204. The van der Waals surface area contributed by atoms with Gasteiger partial charge in [0.05, 0.1) is 11.3 Å². The van der Waals surface area contributed by atoms with Crippen LogP contribution in [0.4, 0.5) is 23.2 Å². The van der Waals surface area contributed by atoms with Crippen LogP contribution in [0.1, 0.15) is 28.8 Å². The van der Waals surface area contributed by atoms with Crippen LogP contribution in [0.3, 0.4) is 0 Å². The molecular formula is C24H24F4N4O2. The van der Waals surface area contributed by atoms with Gasteiger partial charge < -0.3 is 10.1 Å². The minimum Gasteiger partial charge on any atom is -0.492 e. The number of nitrogens with one attached hydrogen (secondary N) is 1. The number of rotatable bonds is 7. The minimum absolute atomic E-state index is 0.304. The van der Waals surface area contributed by atoms with E-state index in [9.17, 15) is 22.4 Å². The van der Waals surface area contributed by atoms with Crippen LogP contribution in [0.5, 0.6) is 5.75 Å². The Hall–Kier alpha value is -3.40. The molecule has 0 radical (unpaired) electrons. The van der Waals surface area contributed by atoms with Crippen LogP contribution in [0.15, 0.2) is 48.7 Å². The quantitative estimate of drug-likeness (QED) is 0.489. The number of benzene rings is 2. The third kappa shape index (κ3) is 5.39. The Kier molecular flexibility index (Phi) is 6.87. The number of likely N-dealkylation sites (tertiary alicyclic amines) is 1. The second kappa shape index (κ2) is 9.84. The Bertz CT molecular complexity index is 1170. The minimum atomic E-state index is -4.90. The standard InChI is InChI=1S/C24H24F4N4O2/c1-31-21(8-9-29-31)18-15-17(5-7-22(18)34-13-12-32-10-2-3-11-32)30-23(33)16-4-6-20(25)19(14-16)24(26,27)28/h4-9,14-15H,2-3,10-13H2,1H3,(H,30,33). The molecule has 1 fully saturated rings. The van der Waals surface area contributed by atoms with Gasteiger partial charge in [-0.1, -0.05) is 0 Å². The normalized spacial score (nSPS) is 14.4. The summed E-state index contributed by atoms with van der Waals surface area (Å²) in [4.78, 5) is 14.9. The number of carbonyl (C=O) groups excluding carboxylic acids is 1. The van der Waals surface area contributed by atoms with Crippen LogP contribution in [0.25, 0.3) is 11.3 Å². The SMILES string of the molecule is Cn1nccc1-c1cc(NC(=O)c2ccc(F)c(C(F)(F)F)c2)ccc1OCCN1CCCC1. The third-order valence-corrected chi connectivity index (χ3v) is 5.73. The lowest BCUT2D eigenvalue weighted by Crippen LogP contribution is -2.25. The molecule has 0 saturated carbocycles. The van der Waals surface area contributed by atoms with Gasteiger partial charge in [0.25, 0.3) is 5.91 Å². The van der Waals surface area contributed by atoms with Crippen LogP contribution in [0.2, 0.25) is 0 Å². The molecule has 6 nitrogen and oxygen atoms in total. The summed E-state index contributed by atoms with van der Waals surface area (Å²) in [5, 5.41) is 6.76. The maximum absolute atomic E-state index is 13.6. The van der Waals surface area contributed by atoms with E-state index in [2.05, 4.69) is 15.3 Å². The van der Waals surface area contributed by atoms with E-state index in [1.807, 2.05) is 0 Å². The van der Waals surface area contributed by atoms with Crippen molar-refractivity contribution in [3.8, 4) is 17.0 Å². The number of hydrogen-bond donors (Lipinski definition) is 1. The van der Waals surface area contributed by atoms with Gasteiger partial charge in [-0.25, -0.2) is 4.39 Å². The first-order valence-corrected chi connectivity index (χ1v) is 10.9. The van der Waals surface area contributed by atoms with Crippen LogP contribution in [-0.2, 0) is 13.2 Å². The monoisotopic (exact) mass is 476 g/mol. The number of anilines is 1. The molecule has 10 heteroatoms. The predicted molar refractivity (Wildman–Crippen MR) is 119 cm³/mol. The maximum Gasteiger partial charge on any atom is 0.419 e. The van der Waals surface area contributed by atoms with Crippen molar-refractivity contribution in [3.63, 3.8) is 0 Å². The molecule has 0 unspecified atom stereocenters. The van der Waals surface area contributed by atoms with Crippen molar-refractivity contribution in [2.45, 2.75) is 19.0 Å². The van der Waals surface area contributed by atoms with Crippen LogP contribution in [-0.4, -0.2) is 46.8 Å². The Morgan fingerprint density at radius 3 is 2.56 bits per heavy atom. The van der Waals surface area contributed by atoms with E-state index in [-0.39, 0.29) is 5.56 Å². The molecule has 2 heterocycles. The molecule has 1 amide bonds. The maximum atomic E-state index is 13.6. The summed E-state index contributed by atoms with van der Waals surface area (Å²) < 4.78 is 60.3. The van der Waals surface area contributed by atoms with Crippen molar-refractivity contribution in [1.29, 1.82) is 0 Å². The smallest absolute Gasteiger partial charge is 0.419 e. The summed E-state index contributed by atoms with van der Waals surface area (Å²) in [5.74, 6) is -1.62. The van der Waals surface area contributed by atoms with E-state index in [0.29, 0.717) is 35.7 Å². The van der Waals surface area contributed by atoms with Crippen molar-refractivity contribution in [2.75, 3.05) is 31.6 Å². The van der Waals surface area contributed by atoms with E-state index in [1.165, 1.54) is 12.8 Å². The topological polar surface area (TPSA) is 59.4 Å². The lowest BCUT2D eigenvalue weighted by atomic mass is 10.1. The summed E-state index contributed by atoms with van der Waals surface area (Å²) in [6, 6.07) is 8.93. The highest BCUT2D eigenvalue weighted by Gasteiger charge is 2.34. The zero-order valence-corrected chi connectivity index (χ0v) is 18.5. The zero-order valence-electron chi connectivity index (χ0n) is 18.5. The van der Waals surface area contributed by atoms with Crippen molar-refractivity contribution < 1.29 is 27.1 Å². The molecule has 1 aromatic heterocycles. The van der Waals surface area contributed by atoms with E-state index < -0.39 is 23.5 Å². The fraction of sp³-hybridized carbons (Fsp3) is 0.333. The van der Waals surface area contributed by atoms with Gasteiger partial charge in [-0.05, 0) is 68.4 Å². The molecule has 0 atom stereocenters. The van der Waals surface area contributed by atoms with Gasteiger partial charge in [0.2, 0.25) is 0 Å². The van der Waals surface area contributed by atoms with Crippen molar-refractivity contribution in [1.82, 2.24) is 14.7 Å². The van der Waals surface area contributed by atoms with E-state index in [1.54, 1.807) is 42.2 Å². The van der Waals surface area contributed by atoms with Crippen LogP contribution in [0, 0.1) is 5.82 Å². The van der Waals surface area contributed by atoms with Gasteiger partial charge in [-0.3, -0.25) is 14.4 Å². The Balaban J connectivity index is 1.55. The first-order chi connectivity index (χ1) is 16.2. The van der Waals surface area contributed by atoms with E-state index in [0.717, 1.165) is 31.4 Å². The van der Waals surface area contributed by atoms with Gasteiger partial charge in [0.1, 0.15) is 18.2 Å². The fourth-order valence-corrected chi connectivity index (χ4v) is 3.95. The second-order valence-electron chi connectivity index (χ2n) is 8.09. The number of nitrogens with zero attached hydrogens (tertiary/aromatic N) is 3. The van der Waals surface area contributed by atoms with Gasteiger partial charge >= 0.3 is 6.18 Å². The average molecular weight is 476 g/mol. The Morgan fingerprint density at radius 2 is 1.88 bits per heavy atom. The number of ether oxygens (including phenoxy) is 1. The molecule has 0 spiro atoms. The highest BCUT2D eigenvalue weighted by molar-refractivity contribution is 6.04.